The van der Waals surface area contributed by atoms with Crippen LogP contribution < -0.4 is 10.1 Å². The van der Waals surface area contributed by atoms with Crippen molar-refractivity contribution in [2.24, 2.45) is 0 Å². The van der Waals surface area contributed by atoms with Crippen LogP contribution in [0.15, 0.2) is 48.5 Å². The maximum Gasteiger partial charge on any atom is 0.257 e. The first-order valence-electron chi connectivity index (χ1n) is 9.93. The molecule has 2 heterocycles. The molecule has 154 valence electrons. The molecular formula is C24H25N3O3. The normalized spacial score (nSPS) is 13.5. The van der Waals surface area contributed by atoms with Crippen molar-refractivity contribution in [1.82, 2.24) is 15.2 Å². The molecule has 0 bridgehead atoms. The Morgan fingerprint density at radius 2 is 1.87 bits per heavy atom. The molecule has 6 heteroatoms. The summed E-state index contributed by atoms with van der Waals surface area (Å²) in [6.45, 7) is 6.07. The second kappa shape index (κ2) is 7.44. The van der Waals surface area contributed by atoms with Gasteiger partial charge in [0.05, 0.1) is 30.4 Å². The highest BCUT2D eigenvalue weighted by atomic mass is 16.5. The number of fused-ring (bicyclic) bond motifs is 2. The highest BCUT2D eigenvalue weighted by Gasteiger charge is 2.34. The van der Waals surface area contributed by atoms with Gasteiger partial charge >= 0.3 is 0 Å². The number of aromatic nitrogens is 1. The minimum absolute atomic E-state index is 0.000357. The van der Waals surface area contributed by atoms with E-state index in [0.29, 0.717) is 23.6 Å². The van der Waals surface area contributed by atoms with Crippen molar-refractivity contribution in [3.05, 3.63) is 59.8 Å². The number of nitrogens with one attached hydrogen (secondary N) is 1. The minimum atomic E-state index is -0.356. The number of rotatable bonds is 4. The molecule has 1 N–H and O–H groups in total. The lowest BCUT2D eigenvalue weighted by molar-refractivity contribution is -0.123. The van der Waals surface area contributed by atoms with Crippen LogP contribution in [0.3, 0.4) is 0 Å². The zero-order chi connectivity index (χ0) is 21.5. The van der Waals surface area contributed by atoms with E-state index in [4.69, 9.17) is 9.72 Å². The van der Waals surface area contributed by atoms with Gasteiger partial charge in [-0.05, 0) is 44.5 Å². The molecule has 4 rings (SSSR count). The topological polar surface area (TPSA) is 71.5 Å². The van der Waals surface area contributed by atoms with Gasteiger partial charge in [-0.25, -0.2) is 0 Å². The Morgan fingerprint density at radius 1 is 1.13 bits per heavy atom. The standard InChI is InChI=1S/C24H25N3O3/c1-24(2,3)26-20(28)14-27-13-19-22(23(27)29)21(15-8-6-5-7-9-15)17-12-16(30-4)10-11-18(17)25-19/h5-12H,13-14H2,1-4H3,(H,26,28). The van der Waals surface area contributed by atoms with Gasteiger partial charge in [0, 0.05) is 16.5 Å². The number of methoxy groups -OCH3 is 1. The third kappa shape index (κ3) is 3.73. The van der Waals surface area contributed by atoms with Crippen molar-refractivity contribution < 1.29 is 14.3 Å². The lowest BCUT2D eigenvalue weighted by atomic mass is 9.94. The Morgan fingerprint density at radius 3 is 2.53 bits per heavy atom. The Balaban J connectivity index is 1.82. The smallest absolute Gasteiger partial charge is 0.257 e. The number of hydrogen-bond donors (Lipinski definition) is 1. The third-order valence-electron chi connectivity index (χ3n) is 5.02. The van der Waals surface area contributed by atoms with Crippen LogP contribution >= 0.6 is 0 Å². The summed E-state index contributed by atoms with van der Waals surface area (Å²) in [6, 6.07) is 15.5. The quantitative estimate of drug-likeness (QED) is 0.720. The molecule has 2 amide bonds. The molecule has 0 aliphatic carbocycles. The number of benzene rings is 2. The van der Waals surface area contributed by atoms with Crippen LogP contribution in [0.1, 0.15) is 36.8 Å². The largest absolute Gasteiger partial charge is 0.497 e. The first-order chi connectivity index (χ1) is 14.3. The number of hydrogen-bond acceptors (Lipinski definition) is 4. The summed E-state index contributed by atoms with van der Waals surface area (Å²) in [5.74, 6) is 0.342. The van der Waals surface area contributed by atoms with Crippen LogP contribution in [-0.4, -0.2) is 40.9 Å². The molecule has 0 saturated heterocycles. The van der Waals surface area contributed by atoms with Crippen molar-refractivity contribution in [3.63, 3.8) is 0 Å². The number of nitrogens with zero attached hydrogens (tertiary/aromatic N) is 2. The summed E-state index contributed by atoms with van der Waals surface area (Å²) in [5.41, 5.74) is 3.46. The van der Waals surface area contributed by atoms with Crippen molar-refractivity contribution in [3.8, 4) is 16.9 Å². The van der Waals surface area contributed by atoms with E-state index in [1.54, 1.807) is 12.0 Å². The summed E-state index contributed by atoms with van der Waals surface area (Å²) in [4.78, 5) is 32.1. The zero-order valence-electron chi connectivity index (χ0n) is 17.7. The van der Waals surface area contributed by atoms with Gasteiger partial charge in [-0.1, -0.05) is 30.3 Å². The molecule has 6 nitrogen and oxygen atoms in total. The molecule has 0 spiro atoms. The summed E-state index contributed by atoms with van der Waals surface area (Å²) in [6.07, 6.45) is 0. The summed E-state index contributed by atoms with van der Waals surface area (Å²) < 4.78 is 5.40. The SMILES string of the molecule is COc1ccc2nc3c(c(-c4ccccc4)c2c1)C(=O)N(CC(=O)NC(C)(C)C)C3. The monoisotopic (exact) mass is 403 g/mol. The van der Waals surface area contributed by atoms with Gasteiger partial charge in [-0.15, -0.1) is 0 Å². The van der Waals surface area contributed by atoms with Crippen molar-refractivity contribution in [1.29, 1.82) is 0 Å². The molecule has 0 fully saturated rings. The second-order valence-electron chi connectivity index (χ2n) is 8.52. The molecule has 1 aromatic heterocycles. The molecule has 2 aromatic carbocycles. The fraction of sp³-hybridized carbons (Fsp3) is 0.292. The zero-order valence-corrected chi connectivity index (χ0v) is 17.7. The van der Waals surface area contributed by atoms with Gasteiger partial charge in [-0.3, -0.25) is 14.6 Å². The predicted octanol–water partition coefficient (Wildman–Crippen LogP) is 3.78. The number of ether oxygens (including phenoxy) is 1. The maximum absolute atomic E-state index is 13.4. The van der Waals surface area contributed by atoms with Crippen LogP contribution in [0, 0.1) is 0 Å². The van der Waals surface area contributed by atoms with Crippen LogP contribution in [0.4, 0.5) is 0 Å². The molecule has 0 saturated carbocycles. The van der Waals surface area contributed by atoms with Gasteiger partial charge in [0.25, 0.3) is 5.91 Å². The van der Waals surface area contributed by atoms with Crippen LogP contribution in [0.2, 0.25) is 0 Å². The minimum Gasteiger partial charge on any atom is -0.497 e. The van der Waals surface area contributed by atoms with E-state index in [9.17, 15) is 9.59 Å². The number of carbonyl (C=O) groups is 2. The van der Waals surface area contributed by atoms with Crippen molar-refractivity contribution in [2.45, 2.75) is 32.9 Å². The number of carbonyl (C=O) groups excluding carboxylic acids is 2. The second-order valence-corrected chi connectivity index (χ2v) is 8.52. The van der Waals surface area contributed by atoms with Gasteiger partial charge in [0.1, 0.15) is 12.3 Å². The van der Waals surface area contributed by atoms with Gasteiger partial charge < -0.3 is 15.0 Å². The molecule has 30 heavy (non-hydrogen) atoms. The first-order valence-corrected chi connectivity index (χ1v) is 9.93. The summed E-state index contributed by atoms with van der Waals surface area (Å²) >= 11 is 0. The van der Waals surface area contributed by atoms with Gasteiger partial charge in [0.15, 0.2) is 0 Å². The first kappa shape index (κ1) is 19.9. The number of amides is 2. The average molecular weight is 403 g/mol. The van der Waals surface area contributed by atoms with E-state index in [2.05, 4.69) is 5.32 Å². The van der Waals surface area contributed by atoms with E-state index in [0.717, 1.165) is 22.0 Å². The maximum atomic E-state index is 13.4. The highest BCUT2D eigenvalue weighted by molar-refractivity contribution is 6.12. The molecule has 0 atom stereocenters. The van der Waals surface area contributed by atoms with E-state index in [-0.39, 0.29) is 23.9 Å². The van der Waals surface area contributed by atoms with Crippen molar-refractivity contribution in [2.75, 3.05) is 13.7 Å². The molecule has 0 radical (unpaired) electrons. The van der Waals surface area contributed by atoms with Gasteiger partial charge in [0.2, 0.25) is 5.91 Å². The van der Waals surface area contributed by atoms with Crippen molar-refractivity contribution >= 4 is 22.7 Å². The van der Waals surface area contributed by atoms with E-state index >= 15 is 0 Å². The Hall–Kier alpha value is -3.41. The van der Waals surface area contributed by atoms with E-state index < -0.39 is 0 Å². The van der Waals surface area contributed by atoms with Gasteiger partial charge in [-0.2, -0.15) is 0 Å². The Bertz CT molecular complexity index is 1130. The molecule has 1 aliphatic rings. The Kier molecular flexibility index (Phi) is 4.94. The fourth-order valence-corrected chi connectivity index (χ4v) is 3.84. The van der Waals surface area contributed by atoms with E-state index in [1.165, 1.54) is 0 Å². The van der Waals surface area contributed by atoms with Crippen LogP contribution in [0.25, 0.3) is 22.0 Å². The molecular weight excluding hydrogens is 378 g/mol. The molecule has 1 aliphatic heterocycles. The van der Waals surface area contributed by atoms with Crippen LogP contribution in [-0.2, 0) is 11.3 Å². The number of pyridine rings is 1. The summed E-state index contributed by atoms with van der Waals surface area (Å²) in [5, 5.41) is 3.77. The van der Waals surface area contributed by atoms with E-state index in [1.807, 2.05) is 69.3 Å². The van der Waals surface area contributed by atoms with Crippen LogP contribution in [0.5, 0.6) is 5.75 Å². The fourth-order valence-electron chi connectivity index (χ4n) is 3.84. The average Bonchev–Trinajstić information content (AvgIpc) is 3.00. The Labute approximate surface area is 175 Å². The predicted molar refractivity (Wildman–Crippen MR) is 116 cm³/mol. The molecule has 3 aromatic rings. The highest BCUT2D eigenvalue weighted by Crippen LogP contribution is 2.38. The summed E-state index contributed by atoms with van der Waals surface area (Å²) in [7, 11) is 1.62. The lowest BCUT2D eigenvalue weighted by Gasteiger charge is -2.23. The molecule has 0 unspecified atom stereocenters. The third-order valence-corrected chi connectivity index (χ3v) is 5.02. The lowest BCUT2D eigenvalue weighted by Crippen LogP contribution is -2.46.